The van der Waals surface area contributed by atoms with Crippen LogP contribution < -0.4 is 0 Å². The van der Waals surface area contributed by atoms with E-state index in [9.17, 15) is 4.79 Å². The van der Waals surface area contributed by atoms with Gasteiger partial charge in [-0.2, -0.15) is 0 Å². The molecular formula is C12H14O2S2. The van der Waals surface area contributed by atoms with Crippen LogP contribution in [-0.2, 0) is 9.53 Å². The summed E-state index contributed by atoms with van der Waals surface area (Å²) in [6.07, 6.45) is 0. The van der Waals surface area contributed by atoms with Crippen LogP contribution in [0.3, 0.4) is 0 Å². The fourth-order valence-electron chi connectivity index (χ4n) is 1.10. The second kappa shape index (κ2) is 6.66. The zero-order valence-corrected chi connectivity index (χ0v) is 11.0. The lowest BCUT2D eigenvalue weighted by atomic mass is 10.2. The summed E-state index contributed by atoms with van der Waals surface area (Å²) in [5.74, 6) is 0.0579. The predicted molar refractivity (Wildman–Crippen MR) is 72.0 cm³/mol. The highest BCUT2D eigenvalue weighted by atomic mass is 32.2. The predicted octanol–water partition coefficient (Wildman–Crippen LogP) is 2.97. The topological polar surface area (TPSA) is 26.3 Å². The van der Waals surface area contributed by atoms with Crippen LogP contribution in [0.4, 0.5) is 0 Å². The molecule has 0 amide bonds. The van der Waals surface area contributed by atoms with E-state index in [2.05, 4.69) is 0 Å². The van der Waals surface area contributed by atoms with Crippen molar-refractivity contribution in [2.24, 2.45) is 0 Å². The highest BCUT2D eigenvalue weighted by Crippen LogP contribution is 2.14. The first-order valence-electron chi connectivity index (χ1n) is 5.03. The first kappa shape index (κ1) is 13.2. The van der Waals surface area contributed by atoms with Gasteiger partial charge in [0.1, 0.15) is 0 Å². The van der Waals surface area contributed by atoms with Crippen LogP contribution in [-0.4, -0.2) is 22.5 Å². The third-order valence-electron chi connectivity index (χ3n) is 1.91. The van der Waals surface area contributed by atoms with Gasteiger partial charge in [-0.25, -0.2) is 0 Å². The lowest BCUT2D eigenvalue weighted by Crippen LogP contribution is -2.08. The Labute approximate surface area is 105 Å². The lowest BCUT2D eigenvalue weighted by Gasteiger charge is -2.04. The van der Waals surface area contributed by atoms with E-state index < -0.39 is 0 Å². The van der Waals surface area contributed by atoms with Gasteiger partial charge in [0.15, 0.2) is 0 Å². The molecule has 4 heteroatoms. The molecule has 0 aliphatic heterocycles. The van der Waals surface area contributed by atoms with Gasteiger partial charge in [0.2, 0.25) is 0 Å². The number of hydrogen-bond donors (Lipinski definition) is 0. The highest BCUT2D eigenvalue weighted by Gasteiger charge is 2.06. The van der Waals surface area contributed by atoms with Crippen LogP contribution in [0.5, 0.6) is 0 Å². The molecule has 16 heavy (non-hydrogen) atoms. The summed E-state index contributed by atoms with van der Waals surface area (Å²) < 4.78 is 5.56. The average molecular weight is 254 g/mol. The minimum atomic E-state index is -0.220. The summed E-state index contributed by atoms with van der Waals surface area (Å²) in [4.78, 5) is 11.1. The van der Waals surface area contributed by atoms with E-state index in [1.165, 1.54) is 17.3 Å². The first-order valence-corrected chi connectivity index (χ1v) is 6.42. The summed E-state index contributed by atoms with van der Waals surface area (Å²) in [6, 6.07) is 7.95. The Balaban J connectivity index is 2.47. The number of rotatable bonds is 4. The largest absolute Gasteiger partial charge is 0.465 e. The van der Waals surface area contributed by atoms with Gasteiger partial charge in [0.05, 0.1) is 16.6 Å². The molecule has 1 rings (SSSR count). The van der Waals surface area contributed by atoms with Crippen molar-refractivity contribution in [3.05, 3.63) is 35.4 Å². The van der Waals surface area contributed by atoms with E-state index in [0.29, 0.717) is 6.61 Å². The van der Waals surface area contributed by atoms with E-state index >= 15 is 0 Å². The fraction of sp³-hybridized carbons (Fsp3) is 0.333. The Hall–Kier alpha value is -0.870. The number of esters is 1. The van der Waals surface area contributed by atoms with Crippen molar-refractivity contribution in [1.29, 1.82) is 0 Å². The van der Waals surface area contributed by atoms with Crippen molar-refractivity contribution in [3.8, 4) is 0 Å². The molecule has 1 aromatic rings. The molecule has 0 radical (unpaired) electrons. The molecule has 0 spiro atoms. The van der Waals surface area contributed by atoms with Gasteiger partial charge in [-0.15, -0.1) is 11.8 Å². The number of thiocarbonyl (C=S) groups is 1. The maximum atomic E-state index is 11.1. The Bertz CT molecular complexity index is 371. The van der Waals surface area contributed by atoms with Gasteiger partial charge in [0.25, 0.3) is 0 Å². The van der Waals surface area contributed by atoms with Crippen LogP contribution in [0, 0.1) is 6.92 Å². The van der Waals surface area contributed by atoms with Gasteiger partial charge < -0.3 is 4.74 Å². The maximum absolute atomic E-state index is 11.1. The quantitative estimate of drug-likeness (QED) is 0.609. The van der Waals surface area contributed by atoms with Crippen molar-refractivity contribution < 1.29 is 9.53 Å². The number of carbonyl (C=O) groups excluding carboxylic acids is 1. The van der Waals surface area contributed by atoms with Crippen LogP contribution >= 0.6 is 24.0 Å². The monoisotopic (exact) mass is 254 g/mol. The van der Waals surface area contributed by atoms with Crippen molar-refractivity contribution >= 4 is 34.1 Å². The second-order valence-corrected chi connectivity index (χ2v) is 4.90. The molecule has 0 atom stereocenters. The molecular weight excluding hydrogens is 240 g/mol. The van der Waals surface area contributed by atoms with Gasteiger partial charge in [-0.1, -0.05) is 42.0 Å². The summed E-state index contributed by atoms with van der Waals surface area (Å²) in [7, 11) is 0. The van der Waals surface area contributed by atoms with E-state index in [-0.39, 0.29) is 11.7 Å². The standard InChI is InChI=1S/C12H14O2S2/c1-3-14-11(13)8-16-12(15)10-6-4-9(2)5-7-10/h4-7H,3,8H2,1-2H3. The number of carbonyl (C=O) groups is 1. The number of thioether (sulfide) groups is 1. The van der Waals surface area contributed by atoms with Gasteiger partial charge >= 0.3 is 5.97 Å². The highest BCUT2D eigenvalue weighted by molar-refractivity contribution is 8.24. The maximum Gasteiger partial charge on any atom is 0.316 e. The van der Waals surface area contributed by atoms with Crippen molar-refractivity contribution in [3.63, 3.8) is 0 Å². The minimum absolute atomic E-state index is 0.220. The molecule has 0 bridgehead atoms. The van der Waals surface area contributed by atoms with E-state index in [1.54, 1.807) is 6.92 Å². The van der Waals surface area contributed by atoms with E-state index in [0.717, 1.165) is 9.76 Å². The Morgan fingerprint density at radius 3 is 2.56 bits per heavy atom. The third-order valence-corrected chi connectivity index (χ3v) is 3.38. The number of benzene rings is 1. The van der Waals surface area contributed by atoms with Gasteiger partial charge in [-0.05, 0) is 19.4 Å². The molecule has 0 saturated carbocycles. The van der Waals surface area contributed by atoms with Gasteiger partial charge in [0, 0.05) is 0 Å². The van der Waals surface area contributed by atoms with Crippen LogP contribution in [0.15, 0.2) is 24.3 Å². The lowest BCUT2D eigenvalue weighted by molar-refractivity contribution is -0.139. The zero-order chi connectivity index (χ0) is 12.0. The SMILES string of the molecule is CCOC(=O)CSC(=S)c1ccc(C)cc1. The molecule has 86 valence electrons. The fourth-order valence-corrected chi connectivity index (χ4v) is 2.05. The molecule has 0 aliphatic rings. The van der Waals surface area contributed by atoms with Crippen LogP contribution in [0.1, 0.15) is 18.1 Å². The molecule has 0 aliphatic carbocycles. The average Bonchev–Trinajstić information content (AvgIpc) is 2.27. The normalized spacial score (nSPS) is 9.88. The number of ether oxygens (including phenoxy) is 1. The molecule has 0 fully saturated rings. The van der Waals surface area contributed by atoms with E-state index in [4.69, 9.17) is 17.0 Å². The number of aryl methyl sites for hydroxylation is 1. The summed E-state index contributed by atoms with van der Waals surface area (Å²) in [6.45, 7) is 4.23. The van der Waals surface area contributed by atoms with Crippen LogP contribution in [0.25, 0.3) is 0 Å². The van der Waals surface area contributed by atoms with Crippen LogP contribution in [0.2, 0.25) is 0 Å². The third kappa shape index (κ3) is 4.33. The first-order chi connectivity index (χ1) is 7.63. The molecule has 0 heterocycles. The number of hydrogen-bond acceptors (Lipinski definition) is 4. The van der Waals surface area contributed by atoms with Crippen molar-refractivity contribution in [2.45, 2.75) is 13.8 Å². The Morgan fingerprint density at radius 1 is 1.38 bits per heavy atom. The summed E-state index contributed by atoms with van der Waals surface area (Å²) in [5.41, 5.74) is 2.18. The molecule has 0 unspecified atom stereocenters. The van der Waals surface area contributed by atoms with Crippen molar-refractivity contribution in [1.82, 2.24) is 0 Å². The second-order valence-electron chi connectivity index (χ2n) is 3.25. The Kier molecular flexibility index (Phi) is 5.49. The molecule has 2 nitrogen and oxygen atoms in total. The smallest absolute Gasteiger partial charge is 0.316 e. The van der Waals surface area contributed by atoms with Gasteiger partial charge in [-0.3, -0.25) is 4.79 Å². The summed E-state index contributed by atoms with van der Waals surface area (Å²) >= 11 is 6.56. The minimum Gasteiger partial charge on any atom is -0.465 e. The molecule has 0 aromatic heterocycles. The molecule has 0 saturated heterocycles. The zero-order valence-electron chi connectivity index (χ0n) is 9.36. The van der Waals surface area contributed by atoms with Crippen molar-refractivity contribution in [2.75, 3.05) is 12.4 Å². The molecule has 0 N–H and O–H groups in total. The Morgan fingerprint density at radius 2 is 2.00 bits per heavy atom. The molecule has 1 aromatic carbocycles. The van der Waals surface area contributed by atoms with E-state index in [1.807, 2.05) is 31.2 Å². The summed E-state index contributed by atoms with van der Waals surface area (Å²) in [5, 5.41) is 0.